The van der Waals surface area contributed by atoms with E-state index in [0.717, 1.165) is 0 Å². The van der Waals surface area contributed by atoms with Crippen LogP contribution in [0.1, 0.15) is 31.1 Å². The van der Waals surface area contributed by atoms with Crippen molar-refractivity contribution in [2.24, 2.45) is 0 Å². The molecule has 1 atom stereocenters. The topological polar surface area (TPSA) is 69.0 Å². The summed E-state index contributed by atoms with van der Waals surface area (Å²) >= 11 is 0. The van der Waals surface area contributed by atoms with E-state index in [-0.39, 0.29) is 23.5 Å². The first-order valence-electron chi connectivity index (χ1n) is 6.60. The molecule has 1 heterocycles. The number of fused-ring (bicyclic) bond motifs is 1. The molecule has 1 aliphatic rings. The summed E-state index contributed by atoms with van der Waals surface area (Å²) in [6.45, 7) is 1.72. The van der Waals surface area contributed by atoms with Crippen LogP contribution < -0.4 is 5.56 Å². The lowest BCUT2D eigenvalue weighted by molar-refractivity contribution is -0.132. The molecule has 1 aromatic heterocycles. The highest BCUT2D eigenvalue weighted by atomic mass is 16.2. The van der Waals surface area contributed by atoms with Crippen molar-refractivity contribution >= 4 is 22.5 Å². The fourth-order valence-corrected chi connectivity index (χ4v) is 2.76. The predicted octanol–water partition coefficient (Wildman–Crippen LogP) is 1.57. The maximum Gasteiger partial charge on any atom is 0.262 e. The number of aryl methyl sites for hydroxylation is 1. The average Bonchev–Trinajstić information content (AvgIpc) is 2.41. The first-order valence-corrected chi connectivity index (χ1v) is 6.60. The molecule has 0 saturated heterocycles. The van der Waals surface area contributed by atoms with Gasteiger partial charge in [0.15, 0.2) is 5.78 Å². The van der Waals surface area contributed by atoms with Gasteiger partial charge in [-0.3, -0.25) is 19.0 Å². The number of hydrogen-bond acceptors (Lipinski definition) is 4. The van der Waals surface area contributed by atoms with Crippen LogP contribution in [0.5, 0.6) is 0 Å². The zero-order valence-corrected chi connectivity index (χ0v) is 11.1. The van der Waals surface area contributed by atoms with Crippen LogP contribution in [0, 0.1) is 6.92 Å². The first-order chi connectivity index (χ1) is 9.58. The SMILES string of the molecule is Cc1nc2ccccc2c(=O)n1C1CCC(=O)CC1=O. The van der Waals surface area contributed by atoms with Gasteiger partial charge in [-0.15, -0.1) is 0 Å². The van der Waals surface area contributed by atoms with Crippen LogP contribution in [0.15, 0.2) is 29.1 Å². The molecular weight excluding hydrogens is 256 g/mol. The molecule has 3 rings (SSSR count). The average molecular weight is 270 g/mol. The van der Waals surface area contributed by atoms with Gasteiger partial charge in [0, 0.05) is 6.42 Å². The van der Waals surface area contributed by atoms with Crippen LogP contribution in [0.25, 0.3) is 10.9 Å². The highest BCUT2D eigenvalue weighted by Crippen LogP contribution is 2.23. The van der Waals surface area contributed by atoms with Crippen LogP contribution in [0.4, 0.5) is 0 Å². The largest absolute Gasteiger partial charge is 0.299 e. The summed E-state index contributed by atoms with van der Waals surface area (Å²) in [5, 5.41) is 0.503. The third kappa shape index (κ3) is 1.95. The molecule has 20 heavy (non-hydrogen) atoms. The number of nitrogens with zero attached hydrogens (tertiary/aromatic N) is 2. The van der Waals surface area contributed by atoms with E-state index >= 15 is 0 Å². The van der Waals surface area contributed by atoms with Crippen molar-refractivity contribution in [3.8, 4) is 0 Å². The predicted molar refractivity (Wildman–Crippen MR) is 73.6 cm³/mol. The summed E-state index contributed by atoms with van der Waals surface area (Å²) in [5.74, 6) is 0.274. The second-order valence-corrected chi connectivity index (χ2v) is 5.09. The van der Waals surface area contributed by atoms with Crippen LogP contribution in [0.2, 0.25) is 0 Å². The number of Topliss-reactive ketones (excluding diaryl/α,β-unsaturated/α-hetero) is 2. The highest BCUT2D eigenvalue weighted by Gasteiger charge is 2.30. The molecule has 1 aliphatic carbocycles. The maximum absolute atomic E-state index is 12.6. The third-order valence-electron chi connectivity index (χ3n) is 3.74. The van der Waals surface area contributed by atoms with E-state index in [1.807, 2.05) is 6.07 Å². The van der Waals surface area contributed by atoms with Crippen molar-refractivity contribution in [3.05, 3.63) is 40.4 Å². The molecule has 0 bridgehead atoms. The number of carbonyl (C=O) groups is 2. The van der Waals surface area contributed by atoms with E-state index in [1.165, 1.54) is 4.57 Å². The Kier molecular flexibility index (Phi) is 2.97. The minimum atomic E-state index is -0.558. The fourth-order valence-electron chi connectivity index (χ4n) is 2.76. The van der Waals surface area contributed by atoms with Gasteiger partial charge in [0.2, 0.25) is 0 Å². The lowest BCUT2D eigenvalue weighted by atomic mass is 9.92. The number of rotatable bonds is 1. The van der Waals surface area contributed by atoms with Crippen LogP contribution in [-0.4, -0.2) is 21.1 Å². The lowest BCUT2D eigenvalue weighted by Gasteiger charge is -2.23. The Labute approximate surface area is 115 Å². The third-order valence-corrected chi connectivity index (χ3v) is 3.74. The van der Waals surface area contributed by atoms with Gasteiger partial charge in [0.1, 0.15) is 11.6 Å². The lowest BCUT2D eigenvalue weighted by Crippen LogP contribution is -2.36. The van der Waals surface area contributed by atoms with Gasteiger partial charge in [-0.25, -0.2) is 4.98 Å². The molecule has 1 aromatic carbocycles. The number of hydrogen-bond donors (Lipinski definition) is 0. The summed E-state index contributed by atoms with van der Waals surface area (Å²) in [7, 11) is 0. The summed E-state index contributed by atoms with van der Waals surface area (Å²) < 4.78 is 1.44. The molecule has 0 amide bonds. The quantitative estimate of drug-likeness (QED) is 0.737. The van der Waals surface area contributed by atoms with Crippen molar-refractivity contribution in [3.63, 3.8) is 0 Å². The van der Waals surface area contributed by atoms with Gasteiger partial charge in [-0.05, 0) is 25.5 Å². The van der Waals surface area contributed by atoms with Crippen molar-refractivity contribution in [1.82, 2.24) is 9.55 Å². The van der Waals surface area contributed by atoms with Gasteiger partial charge >= 0.3 is 0 Å². The van der Waals surface area contributed by atoms with E-state index in [4.69, 9.17) is 0 Å². The molecule has 0 radical (unpaired) electrons. The standard InChI is InChI=1S/C15H14N2O3/c1-9-16-12-5-3-2-4-11(12)15(20)17(9)13-7-6-10(18)8-14(13)19/h2-5,13H,6-8H2,1H3. The van der Waals surface area contributed by atoms with Crippen LogP contribution >= 0.6 is 0 Å². The maximum atomic E-state index is 12.6. The van der Waals surface area contributed by atoms with Gasteiger partial charge in [0.05, 0.1) is 23.4 Å². The van der Waals surface area contributed by atoms with Crippen LogP contribution in [-0.2, 0) is 9.59 Å². The minimum absolute atomic E-state index is 0.0503. The number of ketones is 2. The van der Waals surface area contributed by atoms with Gasteiger partial charge < -0.3 is 0 Å². The fraction of sp³-hybridized carbons (Fsp3) is 0.333. The van der Waals surface area contributed by atoms with E-state index < -0.39 is 6.04 Å². The molecule has 1 saturated carbocycles. The molecule has 0 spiro atoms. The van der Waals surface area contributed by atoms with Gasteiger partial charge in [-0.2, -0.15) is 0 Å². The molecule has 102 valence electrons. The van der Waals surface area contributed by atoms with Crippen molar-refractivity contribution in [1.29, 1.82) is 0 Å². The van der Waals surface area contributed by atoms with E-state index in [2.05, 4.69) is 4.98 Å². The Hall–Kier alpha value is -2.30. The molecule has 5 nitrogen and oxygen atoms in total. The minimum Gasteiger partial charge on any atom is -0.299 e. The van der Waals surface area contributed by atoms with E-state index in [0.29, 0.717) is 29.6 Å². The summed E-state index contributed by atoms with van der Waals surface area (Å²) in [6.07, 6.45) is 0.650. The Morgan fingerprint density at radius 1 is 1.20 bits per heavy atom. The van der Waals surface area contributed by atoms with Gasteiger partial charge in [0.25, 0.3) is 5.56 Å². The Balaban J connectivity index is 2.19. The van der Waals surface area contributed by atoms with Crippen LogP contribution in [0.3, 0.4) is 0 Å². The van der Waals surface area contributed by atoms with E-state index in [1.54, 1.807) is 25.1 Å². The molecule has 2 aromatic rings. The molecule has 0 N–H and O–H groups in total. The first kappa shape index (κ1) is 12.7. The Morgan fingerprint density at radius 3 is 2.70 bits per heavy atom. The Morgan fingerprint density at radius 2 is 1.95 bits per heavy atom. The second-order valence-electron chi connectivity index (χ2n) is 5.09. The van der Waals surface area contributed by atoms with Crippen molar-refractivity contribution < 1.29 is 9.59 Å². The summed E-state index contributed by atoms with van der Waals surface area (Å²) in [5.41, 5.74) is 0.423. The molecule has 1 fully saturated rings. The zero-order valence-electron chi connectivity index (χ0n) is 11.1. The normalized spacial score (nSPS) is 19.6. The second kappa shape index (κ2) is 4.67. The molecule has 0 aliphatic heterocycles. The smallest absolute Gasteiger partial charge is 0.262 e. The number of aromatic nitrogens is 2. The number of benzene rings is 1. The van der Waals surface area contributed by atoms with Crippen molar-refractivity contribution in [2.45, 2.75) is 32.2 Å². The Bertz CT molecular complexity index is 776. The van der Waals surface area contributed by atoms with Crippen molar-refractivity contribution in [2.75, 3.05) is 0 Å². The molecule has 1 unspecified atom stereocenters. The molecule has 5 heteroatoms. The molecular formula is C15H14N2O3. The summed E-state index contributed by atoms with van der Waals surface area (Å²) in [6, 6.07) is 6.52. The monoisotopic (exact) mass is 270 g/mol. The highest BCUT2D eigenvalue weighted by molar-refractivity contribution is 6.03. The number of carbonyl (C=O) groups excluding carboxylic acids is 2. The zero-order chi connectivity index (χ0) is 14.3. The van der Waals surface area contributed by atoms with Gasteiger partial charge in [-0.1, -0.05) is 12.1 Å². The van der Waals surface area contributed by atoms with E-state index in [9.17, 15) is 14.4 Å². The summed E-state index contributed by atoms with van der Waals surface area (Å²) in [4.78, 5) is 40.3. The number of para-hydroxylation sites is 1.